The fourth-order valence-electron chi connectivity index (χ4n) is 9.89. The standard InChI is InChI=1S/C54H101N2O20P/c1-4-6-8-10-12-14-15-16-17-18-19-20-21-22-23-25-27-29-31-33-42(61)55-38(39(58)32-30-28-26-24-13-11-9-7-5-2)36-73-77(70,71)76-52-48(66)46(64)47(65)51(49(52)67)75-54(53(68)69)34-40(59)44(56-43(62)35-57)50(74-54)45(63)41(60)37-72-3/h30,32,38-41,44-52,57-60,63-67H,4-29,31,33-37H2,1-3H3,(H,55,61)(H,56,62)(H,68,69)(H,70,71)/b32-30+/t38-,39+,40-,41+,44+,45+,46-,47-,48+,49+,50+,51+,52-,54-/m0/s1. The maximum atomic E-state index is 13.6. The molecule has 1 unspecified atom stereocenters. The molecule has 0 aromatic heterocycles. The number of methoxy groups -OCH3 is 1. The van der Waals surface area contributed by atoms with Gasteiger partial charge < -0.3 is 80.8 Å². The second kappa shape index (κ2) is 40.1. The number of phosphoric acid groups is 1. The number of hydrogen-bond donors (Lipinski definition) is 13. The number of rotatable bonds is 45. The first-order valence-corrected chi connectivity index (χ1v) is 30.3. The van der Waals surface area contributed by atoms with Gasteiger partial charge in [0.25, 0.3) is 5.79 Å². The van der Waals surface area contributed by atoms with Crippen LogP contribution in [-0.2, 0) is 42.2 Å². The first kappa shape index (κ1) is 70.9. The Kier molecular flexibility index (Phi) is 36.9. The molecule has 0 aromatic rings. The minimum Gasteiger partial charge on any atom is -0.477 e. The zero-order valence-corrected chi connectivity index (χ0v) is 47.2. The molecule has 1 aliphatic heterocycles. The first-order chi connectivity index (χ1) is 36.8. The van der Waals surface area contributed by atoms with Crippen LogP contribution in [0.4, 0.5) is 0 Å². The van der Waals surface area contributed by atoms with E-state index in [4.69, 9.17) is 23.3 Å². The second-order valence-corrected chi connectivity index (χ2v) is 22.6. The van der Waals surface area contributed by atoms with E-state index in [1.165, 1.54) is 102 Å². The van der Waals surface area contributed by atoms with Crippen molar-refractivity contribution < 1.29 is 98.2 Å². The van der Waals surface area contributed by atoms with E-state index >= 15 is 0 Å². The third-order valence-electron chi connectivity index (χ3n) is 14.6. The summed E-state index contributed by atoms with van der Waals surface area (Å²) in [6, 6.07) is -3.01. The van der Waals surface area contributed by atoms with E-state index in [1.54, 1.807) is 6.08 Å². The molecule has 1 saturated carbocycles. The zero-order valence-electron chi connectivity index (χ0n) is 46.3. The number of ether oxygens (including phenoxy) is 3. The molecule has 2 aliphatic rings. The van der Waals surface area contributed by atoms with Crippen molar-refractivity contribution in [3.63, 3.8) is 0 Å². The Morgan fingerprint density at radius 1 is 0.675 bits per heavy atom. The molecule has 2 rings (SSSR count). The molecule has 0 radical (unpaired) electrons. The molecule has 13 N–H and O–H groups in total. The van der Waals surface area contributed by atoms with Crippen LogP contribution in [0.2, 0.25) is 0 Å². The summed E-state index contributed by atoms with van der Waals surface area (Å²) in [4.78, 5) is 49.3. The van der Waals surface area contributed by atoms with E-state index < -0.39 is 137 Å². The number of unbranched alkanes of at least 4 members (excludes halogenated alkanes) is 25. The molecule has 0 aromatic carbocycles. The minimum atomic E-state index is -5.49. The zero-order chi connectivity index (χ0) is 57.2. The Balaban J connectivity index is 2.08. The highest BCUT2D eigenvalue weighted by Gasteiger charge is 2.61. The molecule has 452 valence electrons. The first-order valence-electron chi connectivity index (χ1n) is 28.8. The van der Waals surface area contributed by atoms with Crippen LogP contribution in [0.1, 0.15) is 200 Å². The molecule has 2 amide bonds. The quantitative estimate of drug-likeness (QED) is 0.0227. The normalized spacial score (nSPS) is 27.2. The Bertz CT molecular complexity index is 1670. The molecule has 1 heterocycles. The van der Waals surface area contributed by atoms with Gasteiger partial charge >= 0.3 is 13.8 Å². The van der Waals surface area contributed by atoms with Gasteiger partial charge in [-0.1, -0.05) is 180 Å². The summed E-state index contributed by atoms with van der Waals surface area (Å²) in [7, 11) is -4.33. The van der Waals surface area contributed by atoms with Crippen molar-refractivity contribution in [2.24, 2.45) is 0 Å². The summed E-state index contributed by atoms with van der Waals surface area (Å²) < 4.78 is 40.0. The topological polar surface area (TPSA) is 361 Å². The highest BCUT2D eigenvalue weighted by atomic mass is 31.2. The molecular weight excluding hydrogens is 1030 g/mol. The van der Waals surface area contributed by atoms with Crippen LogP contribution in [0.25, 0.3) is 0 Å². The minimum absolute atomic E-state index is 0.100. The lowest BCUT2D eigenvalue weighted by atomic mass is 9.84. The third kappa shape index (κ3) is 26.9. The monoisotopic (exact) mass is 1130 g/mol. The molecular formula is C54H101N2O20P. The highest BCUT2D eigenvalue weighted by molar-refractivity contribution is 7.47. The van der Waals surface area contributed by atoms with Crippen molar-refractivity contribution in [3.05, 3.63) is 12.2 Å². The van der Waals surface area contributed by atoms with Gasteiger partial charge in [-0.05, 0) is 19.3 Å². The number of aliphatic hydroxyl groups is 9. The second-order valence-electron chi connectivity index (χ2n) is 21.2. The van der Waals surface area contributed by atoms with Gasteiger partial charge in [0.05, 0.1) is 37.5 Å². The van der Waals surface area contributed by atoms with Crippen LogP contribution in [0.15, 0.2) is 12.2 Å². The SMILES string of the molecule is CCCCCCCCC/C=C/[C@@H](O)[C@H](COP(=O)(O)O[C@@H]1[C@H](O)[C@H](O[C@]2(C(=O)O)C[C@H](O)[C@@H](NC(=O)CO)[C@H]([C@H](O)[C@H](O)COC)O2)[C@@H](O)[C@H](O)[C@H]1O)NC(=O)CCCCCCCCCCCCCCCCCCCCC. The number of allylic oxidation sites excluding steroid dienone is 1. The van der Waals surface area contributed by atoms with Crippen LogP contribution in [0, 0.1) is 0 Å². The smallest absolute Gasteiger partial charge is 0.472 e. The highest BCUT2D eigenvalue weighted by Crippen LogP contribution is 2.48. The van der Waals surface area contributed by atoms with Crippen LogP contribution < -0.4 is 10.6 Å². The Morgan fingerprint density at radius 3 is 1.64 bits per heavy atom. The van der Waals surface area contributed by atoms with E-state index in [9.17, 15) is 74.9 Å². The Hall–Kier alpha value is -2.22. The summed E-state index contributed by atoms with van der Waals surface area (Å²) in [5.41, 5.74) is 0. The summed E-state index contributed by atoms with van der Waals surface area (Å²) in [6.07, 6.45) is 9.20. The van der Waals surface area contributed by atoms with Gasteiger partial charge in [0, 0.05) is 20.0 Å². The van der Waals surface area contributed by atoms with E-state index in [0.717, 1.165) is 71.3 Å². The van der Waals surface area contributed by atoms with Crippen LogP contribution >= 0.6 is 7.82 Å². The predicted molar refractivity (Wildman–Crippen MR) is 286 cm³/mol. The van der Waals surface area contributed by atoms with Gasteiger partial charge in [0.15, 0.2) is 0 Å². The van der Waals surface area contributed by atoms with Crippen molar-refractivity contribution in [1.29, 1.82) is 0 Å². The predicted octanol–water partition coefficient (Wildman–Crippen LogP) is 4.47. The van der Waals surface area contributed by atoms with Gasteiger partial charge in [-0.15, -0.1) is 0 Å². The van der Waals surface area contributed by atoms with Gasteiger partial charge in [0.1, 0.15) is 61.5 Å². The van der Waals surface area contributed by atoms with Gasteiger partial charge in [-0.2, -0.15) is 0 Å². The molecule has 0 bridgehead atoms. The lowest BCUT2D eigenvalue weighted by Crippen LogP contribution is -2.71. The maximum absolute atomic E-state index is 13.6. The van der Waals surface area contributed by atoms with Crippen molar-refractivity contribution in [2.75, 3.05) is 26.9 Å². The fourth-order valence-corrected chi connectivity index (χ4v) is 10.9. The summed E-state index contributed by atoms with van der Waals surface area (Å²) in [6.45, 7) is 1.88. The fraction of sp³-hybridized carbons (Fsp3) is 0.907. The van der Waals surface area contributed by atoms with Crippen molar-refractivity contribution in [3.8, 4) is 0 Å². The van der Waals surface area contributed by atoms with E-state index in [0.29, 0.717) is 12.8 Å². The average Bonchev–Trinajstić information content (AvgIpc) is 3.39. The molecule has 22 nitrogen and oxygen atoms in total. The molecule has 15 atom stereocenters. The number of carboxylic acid groups (broad SMARTS) is 1. The van der Waals surface area contributed by atoms with E-state index in [1.807, 2.05) is 0 Å². The number of aliphatic carboxylic acids is 1. The van der Waals surface area contributed by atoms with Crippen LogP contribution in [-0.4, -0.2) is 186 Å². The lowest BCUT2D eigenvalue weighted by Gasteiger charge is -2.50. The number of carbonyl (C=O) groups is 3. The number of phosphoric ester groups is 1. The van der Waals surface area contributed by atoms with Gasteiger partial charge in [-0.25, -0.2) is 9.36 Å². The molecule has 1 aliphatic carbocycles. The van der Waals surface area contributed by atoms with Gasteiger partial charge in [0.2, 0.25) is 11.8 Å². The molecule has 23 heteroatoms. The number of nitrogens with one attached hydrogen (secondary N) is 2. The largest absolute Gasteiger partial charge is 0.477 e. The van der Waals surface area contributed by atoms with Crippen molar-refractivity contribution in [2.45, 2.75) is 285 Å². The lowest BCUT2D eigenvalue weighted by molar-refractivity contribution is -0.350. The molecule has 2 fully saturated rings. The van der Waals surface area contributed by atoms with Crippen LogP contribution in [0.3, 0.4) is 0 Å². The van der Waals surface area contributed by atoms with Crippen LogP contribution in [0.5, 0.6) is 0 Å². The van der Waals surface area contributed by atoms with Crippen molar-refractivity contribution in [1.82, 2.24) is 10.6 Å². The molecule has 1 saturated heterocycles. The number of carboxylic acids is 1. The van der Waals surface area contributed by atoms with Crippen molar-refractivity contribution >= 4 is 25.6 Å². The Labute approximate surface area is 457 Å². The summed E-state index contributed by atoms with van der Waals surface area (Å²) >= 11 is 0. The summed E-state index contributed by atoms with van der Waals surface area (Å²) in [5.74, 6) is -6.81. The number of hydrogen-bond acceptors (Lipinski definition) is 18. The number of carbonyl (C=O) groups excluding carboxylic acids is 2. The molecule has 77 heavy (non-hydrogen) atoms. The number of aliphatic hydroxyl groups excluding tert-OH is 9. The Morgan fingerprint density at radius 2 is 1.16 bits per heavy atom. The number of amides is 2. The van der Waals surface area contributed by atoms with E-state index in [-0.39, 0.29) is 6.42 Å². The average molecular weight is 1130 g/mol. The third-order valence-corrected chi connectivity index (χ3v) is 15.5. The molecule has 0 spiro atoms. The van der Waals surface area contributed by atoms with Gasteiger partial charge in [-0.3, -0.25) is 18.6 Å². The summed E-state index contributed by atoms with van der Waals surface area (Å²) in [5, 5.41) is 113. The maximum Gasteiger partial charge on any atom is 0.472 e. The van der Waals surface area contributed by atoms with E-state index in [2.05, 4.69) is 24.5 Å².